The second-order valence-electron chi connectivity index (χ2n) is 5.08. The molecule has 0 N–H and O–H groups in total. The van der Waals surface area contributed by atoms with Crippen LogP contribution in [0.4, 0.5) is 0 Å². The Morgan fingerprint density at radius 2 is 2.14 bits per heavy atom. The SMILES string of the molecule is Cn1nnnc1S[C@@H]1CCCN(Cc2ccccc2)C1=O. The fourth-order valence-corrected chi connectivity index (χ4v) is 3.48. The first-order valence-electron chi connectivity index (χ1n) is 6.96. The predicted octanol–water partition coefficient (Wildman–Crippen LogP) is 1.49. The summed E-state index contributed by atoms with van der Waals surface area (Å²) in [5.41, 5.74) is 1.16. The normalized spacial score (nSPS) is 19.0. The van der Waals surface area contributed by atoms with Crippen LogP contribution in [-0.2, 0) is 18.4 Å². The van der Waals surface area contributed by atoms with Gasteiger partial charge < -0.3 is 4.90 Å². The molecule has 1 aliphatic heterocycles. The van der Waals surface area contributed by atoms with Gasteiger partial charge in [-0.05, 0) is 28.8 Å². The van der Waals surface area contributed by atoms with Crippen LogP contribution in [-0.4, -0.2) is 42.8 Å². The molecule has 1 fully saturated rings. The number of nitrogens with zero attached hydrogens (tertiary/aromatic N) is 5. The van der Waals surface area contributed by atoms with Crippen LogP contribution in [0.3, 0.4) is 0 Å². The third-order valence-corrected chi connectivity index (χ3v) is 4.81. The number of carbonyl (C=O) groups is 1. The molecule has 0 aliphatic carbocycles. The molecule has 110 valence electrons. The van der Waals surface area contributed by atoms with Crippen LogP contribution in [0, 0.1) is 0 Å². The minimum absolute atomic E-state index is 0.0906. The Labute approximate surface area is 127 Å². The van der Waals surface area contributed by atoms with E-state index in [0.29, 0.717) is 11.7 Å². The molecule has 1 aromatic carbocycles. The molecule has 2 heterocycles. The number of aryl methyl sites for hydroxylation is 1. The molecule has 21 heavy (non-hydrogen) atoms. The van der Waals surface area contributed by atoms with E-state index in [1.165, 1.54) is 11.8 Å². The zero-order chi connectivity index (χ0) is 14.7. The average Bonchev–Trinajstić information content (AvgIpc) is 2.90. The van der Waals surface area contributed by atoms with Crippen LogP contribution in [0.5, 0.6) is 0 Å². The molecule has 0 saturated carbocycles. The van der Waals surface area contributed by atoms with Gasteiger partial charge in [-0.1, -0.05) is 42.1 Å². The molecule has 1 aromatic heterocycles. The van der Waals surface area contributed by atoms with Gasteiger partial charge in [0.2, 0.25) is 11.1 Å². The van der Waals surface area contributed by atoms with Gasteiger partial charge in [0.05, 0.1) is 5.25 Å². The van der Waals surface area contributed by atoms with E-state index in [0.717, 1.165) is 24.9 Å². The molecule has 3 rings (SSSR count). The second-order valence-corrected chi connectivity index (χ2v) is 6.25. The first-order chi connectivity index (χ1) is 10.2. The van der Waals surface area contributed by atoms with Crippen molar-refractivity contribution in [2.24, 2.45) is 7.05 Å². The number of tetrazole rings is 1. The highest BCUT2D eigenvalue weighted by Crippen LogP contribution is 2.29. The molecular formula is C14H17N5OS. The number of amides is 1. The Morgan fingerprint density at radius 1 is 1.33 bits per heavy atom. The molecule has 6 nitrogen and oxygen atoms in total. The van der Waals surface area contributed by atoms with Crippen LogP contribution < -0.4 is 0 Å². The van der Waals surface area contributed by atoms with E-state index in [1.54, 1.807) is 11.7 Å². The Bertz CT molecular complexity index is 615. The van der Waals surface area contributed by atoms with Gasteiger partial charge >= 0.3 is 0 Å². The van der Waals surface area contributed by atoms with Crippen molar-refractivity contribution in [1.29, 1.82) is 0 Å². The van der Waals surface area contributed by atoms with Crippen molar-refractivity contribution in [2.45, 2.75) is 29.8 Å². The molecule has 0 bridgehead atoms. The smallest absolute Gasteiger partial charge is 0.236 e. The van der Waals surface area contributed by atoms with Crippen molar-refractivity contribution in [1.82, 2.24) is 25.1 Å². The summed E-state index contributed by atoms with van der Waals surface area (Å²) in [6, 6.07) is 10.1. The minimum Gasteiger partial charge on any atom is -0.337 e. The van der Waals surface area contributed by atoms with Gasteiger partial charge in [0.15, 0.2) is 0 Å². The molecule has 1 amide bonds. The third kappa shape index (κ3) is 3.24. The van der Waals surface area contributed by atoms with E-state index in [4.69, 9.17) is 0 Å². The zero-order valence-electron chi connectivity index (χ0n) is 11.8. The molecule has 0 unspecified atom stereocenters. The van der Waals surface area contributed by atoms with Crippen molar-refractivity contribution in [3.8, 4) is 0 Å². The summed E-state index contributed by atoms with van der Waals surface area (Å²) in [6.45, 7) is 1.50. The summed E-state index contributed by atoms with van der Waals surface area (Å²) < 4.78 is 1.61. The highest BCUT2D eigenvalue weighted by molar-refractivity contribution is 8.00. The number of hydrogen-bond acceptors (Lipinski definition) is 5. The van der Waals surface area contributed by atoms with E-state index in [9.17, 15) is 4.79 Å². The summed E-state index contributed by atoms with van der Waals surface area (Å²) in [4.78, 5) is 14.5. The standard InChI is InChI=1S/C14H17N5OS/c1-18-14(15-16-17-18)21-12-8-5-9-19(13(12)20)10-11-6-3-2-4-7-11/h2-4,6-7,12H,5,8-10H2,1H3/t12-/m1/s1. The summed E-state index contributed by atoms with van der Waals surface area (Å²) >= 11 is 1.46. The van der Waals surface area contributed by atoms with Gasteiger partial charge in [0.25, 0.3) is 0 Å². The lowest BCUT2D eigenvalue weighted by Gasteiger charge is -2.31. The van der Waals surface area contributed by atoms with Crippen molar-refractivity contribution in [3.05, 3.63) is 35.9 Å². The quantitative estimate of drug-likeness (QED) is 0.856. The van der Waals surface area contributed by atoms with Crippen molar-refractivity contribution >= 4 is 17.7 Å². The second kappa shape index (κ2) is 6.26. The first kappa shape index (κ1) is 14.1. The van der Waals surface area contributed by atoms with Crippen molar-refractivity contribution < 1.29 is 4.79 Å². The summed E-state index contributed by atoms with van der Waals surface area (Å²) in [7, 11) is 1.79. The molecule has 1 aliphatic rings. The van der Waals surface area contributed by atoms with Gasteiger partial charge in [0, 0.05) is 20.1 Å². The average molecular weight is 303 g/mol. The number of likely N-dealkylation sites (tertiary alicyclic amines) is 1. The first-order valence-corrected chi connectivity index (χ1v) is 7.84. The Kier molecular flexibility index (Phi) is 4.19. The summed E-state index contributed by atoms with van der Waals surface area (Å²) in [5.74, 6) is 0.179. The maximum Gasteiger partial charge on any atom is 0.236 e. The molecule has 2 aromatic rings. The van der Waals surface area contributed by atoms with Crippen LogP contribution in [0.25, 0.3) is 0 Å². The van der Waals surface area contributed by atoms with Gasteiger partial charge in [-0.25, -0.2) is 4.68 Å². The summed E-state index contributed by atoms with van der Waals surface area (Å²) in [6.07, 6.45) is 1.89. The van der Waals surface area contributed by atoms with E-state index in [-0.39, 0.29) is 11.2 Å². The van der Waals surface area contributed by atoms with Crippen molar-refractivity contribution in [2.75, 3.05) is 6.54 Å². The largest absolute Gasteiger partial charge is 0.337 e. The lowest BCUT2D eigenvalue weighted by molar-refractivity contribution is -0.133. The number of benzene rings is 1. The van der Waals surface area contributed by atoms with Crippen molar-refractivity contribution in [3.63, 3.8) is 0 Å². The van der Waals surface area contributed by atoms with E-state index >= 15 is 0 Å². The van der Waals surface area contributed by atoms with Gasteiger partial charge in [0.1, 0.15) is 0 Å². The minimum atomic E-state index is -0.0906. The molecule has 1 saturated heterocycles. The lowest BCUT2D eigenvalue weighted by atomic mass is 10.1. The summed E-state index contributed by atoms with van der Waals surface area (Å²) in [5, 5.41) is 12.0. The number of rotatable bonds is 4. The monoisotopic (exact) mass is 303 g/mol. The van der Waals surface area contributed by atoms with E-state index in [1.807, 2.05) is 23.1 Å². The van der Waals surface area contributed by atoms with Gasteiger partial charge in [-0.2, -0.15) is 0 Å². The zero-order valence-corrected chi connectivity index (χ0v) is 12.7. The maximum absolute atomic E-state index is 12.6. The van der Waals surface area contributed by atoms with Gasteiger partial charge in [-0.3, -0.25) is 4.79 Å². The topological polar surface area (TPSA) is 63.9 Å². The van der Waals surface area contributed by atoms with Crippen LogP contribution in [0.2, 0.25) is 0 Å². The fourth-order valence-electron chi connectivity index (χ4n) is 2.42. The number of aromatic nitrogens is 4. The number of hydrogen-bond donors (Lipinski definition) is 0. The van der Waals surface area contributed by atoms with Crippen LogP contribution in [0.15, 0.2) is 35.5 Å². The number of thioether (sulfide) groups is 1. The molecule has 0 spiro atoms. The highest BCUT2D eigenvalue weighted by atomic mass is 32.2. The van der Waals surface area contributed by atoms with E-state index in [2.05, 4.69) is 27.7 Å². The Hall–Kier alpha value is -1.89. The number of carbonyl (C=O) groups excluding carboxylic acids is 1. The Balaban J connectivity index is 1.67. The molecular weight excluding hydrogens is 286 g/mol. The predicted molar refractivity (Wildman–Crippen MR) is 79.5 cm³/mol. The molecule has 0 radical (unpaired) electrons. The van der Waals surface area contributed by atoms with Crippen LogP contribution in [0.1, 0.15) is 18.4 Å². The highest BCUT2D eigenvalue weighted by Gasteiger charge is 2.30. The third-order valence-electron chi connectivity index (χ3n) is 3.53. The maximum atomic E-state index is 12.6. The lowest BCUT2D eigenvalue weighted by Crippen LogP contribution is -2.42. The van der Waals surface area contributed by atoms with Crippen LogP contribution >= 0.6 is 11.8 Å². The molecule has 1 atom stereocenters. The fraction of sp³-hybridized carbons (Fsp3) is 0.429. The van der Waals surface area contributed by atoms with E-state index < -0.39 is 0 Å². The Morgan fingerprint density at radius 3 is 2.86 bits per heavy atom. The number of piperidine rings is 1. The molecule has 7 heteroatoms. The van der Waals surface area contributed by atoms with Gasteiger partial charge in [-0.15, -0.1) is 5.10 Å².